The lowest BCUT2D eigenvalue weighted by molar-refractivity contribution is 0.0891. The van der Waals surface area contributed by atoms with Gasteiger partial charge >= 0.3 is 0 Å². The van der Waals surface area contributed by atoms with E-state index in [-0.39, 0.29) is 23.1 Å². The second-order valence-electron chi connectivity index (χ2n) is 8.90. The first-order valence-corrected chi connectivity index (χ1v) is 12.3. The van der Waals surface area contributed by atoms with Gasteiger partial charge < -0.3 is 15.2 Å². The van der Waals surface area contributed by atoms with Gasteiger partial charge in [-0.1, -0.05) is 12.1 Å². The molecule has 9 heteroatoms. The summed E-state index contributed by atoms with van der Waals surface area (Å²) in [6.07, 6.45) is 6.05. The first-order valence-electron chi connectivity index (χ1n) is 10.8. The Hall–Kier alpha value is -1.45. The monoisotopic (exact) mass is 424 g/mol. The van der Waals surface area contributed by atoms with Crippen LogP contribution in [0.25, 0.3) is 0 Å². The van der Waals surface area contributed by atoms with E-state index in [1.165, 1.54) is 0 Å². The average Bonchev–Trinajstić information content (AvgIpc) is 3.45. The van der Waals surface area contributed by atoms with E-state index in [0.717, 1.165) is 31.4 Å². The van der Waals surface area contributed by atoms with Crippen LogP contribution in [0.2, 0.25) is 0 Å². The number of rotatable bonds is 6. The number of piperidine rings is 1. The largest absolute Gasteiger partial charge is 0.360 e. The van der Waals surface area contributed by atoms with Crippen LogP contribution in [0, 0.1) is 5.92 Å². The van der Waals surface area contributed by atoms with E-state index in [1.807, 2.05) is 14.0 Å². The second-order valence-corrected chi connectivity index (χ2v) is 11.1. The van der Waals surface area contributed by atoms with E-state index >= 15 is 0 Å². The highest BCUT2D eigenvalue weighted by Crippen LogP contribution is 2.40. The van der Waals surface area contributed by atoms with Gasteiger partial charge in [-0.25, -0.2) is 12.7 Å². The molecule has 29 heavy (non-hydrogen) atoms. The SMILES string of the molecule is CNC1CCC(S(=O)(=O)N2CC[C@@H](NC(=O)c3cc(C4CC4)on3)[C@@H](C)C2)CC1. The summed E-state index contributed by atoms with van der Waals surface area (Å²) in [5, 5.41) is 9.90. The van der Waals surface area contributed by atoms with Crippen molar-refractivity contribution >= 4 is 15.9 Å². The molecule has 1 amide bonds. The number of sulfonamides is 1. The van der Waals surface area contributed by atoms with E-state index in [4.69, 9.17) is 4.52 Å². The number of amides is 1. The standard InChI is InChI=1S/C20H32N4O4S/c1-13-12-24(29(26,27)16-7-5-15(21-2)6-8-16)10-9-17(13)22-20(25)18-11-19(28-23-18)14-3-4-14/h11,13-17,21H,3-10,12H2,1-2H3,(H,22,25)/t13-,15?,16?,17+/m0/s1. The Bertz CT molecular complexity index is 827. The molecular weight excluding hydrogens is 392 g/mol. The normalized spacial score (nSPS) is 31.5. The molecule has 0 spiro atoms. The number of nitrogens with zero attached hydrogens (tertiary/aromatic N) is 2. The van der Waals surface area contributed by atoms with Crippen molar-refractivity contribution in [3.8, 4) is 0 Å². The predicted molar refractivity (Wildman–Crippen MR) is 109 cm³/mol. The number of hydrogen-bond acceptors (Lipinski definition) is 6. The molecular formula is C20H32N4O4S. The van der Waals surface area contributed by atoms with Gasteiger partial charge in [0.25, 0.3) is 5.91 Å². The quantitative estimate of drug-likeness (QED) is 0.722. The maximum Gasteiger partial charge on any atom is 0.273 e. The van der Waals surface area contributed by atoms with Crippen molar-refractivity contribution in [1.29, 1.82) is 0 Å². The maximum atomic E-state index is 13.1. The molecule has 2 N–H and O–H groups in total. The molecule has 1 aromatic heterocycles. The molecule has 2 aliphatic carbocycles. The summed E-state index contributed by atoms with van der Waals surface area (Å²) in [5.74, 6) is 1.02. The van der Waals surface area contributed by atoms with Crippen LogP contribution in [-0.2, 0) is 10.0 Å². The Balaban J connectivity index is 1.32. The van der Waals surface area contributed by atoms with E-state index in [1.54, 1.807) is 10.4 Å². The molecule has 1 saturated heterocycles. The molecule has 162 valence electrons. The molecule has 0 unspecified atom stereocenters. The smallest absolute Gasteiger partial charge is 0.273 e. The Morgan fingerprint density at radius 2 is 1.90 bits per heavy atom. The van der Waals surface area contributed by atoms with Gasteiger partial charge in [0, 0.05) is 37.2 Å². The zero-order chi connectivity index (χ0) is 20.6. The fraction of sp³-hybridized carbons (Fsp3) is 0.800. The molecule has 0 radical (unpaired) electrons. The minimum atomic E-state index is -3.29. The molecule has 4 rings (SSSR count). The van der Waals surface area contributed by atoms with Crippen molar-refractivity contribution < 1.29 is 17.7 Å². The van der Waals surface area contributed by atoms with E-state index in [9.17, 15) is 13.2 Å². The van der Waals surface area contributed by atoms with Crippen LogP contribution in [0.4, 0.5) is 0 Å². The highest BCUT2D eigenvalue weighted by molar-refractivity contribution is 7.89. The first-order chi connectivity index (χ1) is 13.9. The van der Waals surface area contributed by atoms with Gasteiger partial charge in [-0.15, -0.1) is 0 Å². The lowest BCUT2D eigenvalue weighted by Crippen LogP contribution is -2.53. The van der Waals surface area contributed by atoms with Crippen molar-refractivity contribution in [1.82, 2.24) is 20.1 Å². The Morgan fingerprint density at radius 3 is 2.52 bits per heavy atom. The van der Waals surface area contributed by atoms with Crippen LogP contribution in [0.5, 0.6) is 0 Å². The fourth-order valence-corrected chi connectivity index (χ4v) is 6.70. The van der Waals surface area contributed by atoms with Crippen LogP contribution >= 0.6 is 0 Å². The average molecular weight is 425 g/mol. The summed E-state index contributed by atoms with van der Waals surface area (Å²) in [4.78, 5) is 12.5. The first kappa shape index (κ1) is 20.8. The molecule has 3 aliphatic rings. The van der Waals surface area contributed by atoms with Crippen LogP contribution in [0.3, 0.4) is 0 Å². The topological polar surface area (TPSA) is 105 Å². The van der Waals surface area contributed by atoms with Crippen molar-refractivity contribution in [2.45, 2.75) is 75.1 Å². The summed E-state index contributed by atoms with van der Waals surface area (Å²) < 4.78 is 33.1. The van der Waals surface area contributed by atoms with Gasteiger partial charge in [-0.3, -0.25) is 4.79 Å². The van der Waals surface area contributed by atoms with Gasteiger partial charge in [0.05, 0.1) is 5.25 Å². The maximum absolute atomic E-state index is 13.1. The number of carbonyl (C=O) groups is 1. The van der Waals surface area contributed by atoms with Crippen LogP contribution in [0.15, 0.2) is 10.6 Å². The molecule has 2 heterocycles. The highest BCUT2D eigenvalue weighted by Gasteiger charge is 2.39. The fourth-order valence-electron chi connectivity index (χ4n) is 4.61. The molecule has 1 aliphatic heterocycles. The lowest BCUT2D eigenvalue weighted by Gasteiger charge is -2.39. The molecule has 0 aromatic carbocycles. The minimum Gasteiger partial charge on any atom is -0.360 e. The van der Waals surface area contributed by atoms with Gasteiger partial charge in [0.1, 0.15) is 5.76 Å². The van der Waals surface area contributed by atoms with Crippen molar-refractivity contribution in [3.63, 3.8) is 0 Å². The minimum absolute atomic E-state index is 0.0472. The number of aromatic nitrogens is 1. The van der Waals surface area contributed by atoms with Crippen LogP contribution < -0.4 is 10.6 Å². The molecule has 2 saturated carbocycles. The molecule has 1 aromatic rings. The Morgan fingerprint density at radius 1 is 1.17 bits per heavy atom. The predicted octanol–water partition coefficient (Wildman–Crippen LogP) is 1.85. The number of carbonyl (C=O) groups excluding carboxylic acids is 1. The molecule has 2 atom stereocenters. The zero-order valence-corrected chi connectivity index (χ0v) is 18.1. The van der Waals surface area contributed by atoms with E-state index < -0.39 is 10.0 Å². The third kappa shape index (κ3) is 4.51. The second kappa shape index (κ2) is 8.35. The summed E-state index contributed by atoms with van der Waals surface area (Å²) in [6.45, 7) is 2.91. The van der Waals surface area contributed by atoms with Gasteiger partial charge in [-0.2, -0.15) is 0 Å². The van der Waals surface area contributed by atoms with Crippen LogP contribution in [-0.4, -0.2) is 61.3 Å². The number of nitrogens with one attached hydrogen (secondary N) is 2. The zero-order valence-electron chi connectivity index (χ0n) is 17.3. The van der Waals surface area contributed by atoms with Crippen molar-refractivity contribution in [3.05, 3.63) is 17.5 Å². The number of hydrogen-bond donors (Lipinski definition) is 2. The Kier molecular flexibility index (Phi) is 5.99. The van der Waals surface area contributed by atoms with Gasteiger partial charge in [-0.05, 0) is 57.9 Å². The summed E-state index contributed by atoms with van der Waals surface area (Å²) in [7, 11) is -1.35. The van der Waals surface area contributed by atoms with Gasteiger partial charge in [0.2, 0.25) is 10.0 Å². The summed E-state index contributed by atoms with van der Waals surface area (Å²) in [5.41, 5.74) is 0.315. The summed E-state index contributed by atoms with van der Waals surface area (Å²) >= 11 is 0. The highest BCUT2D eigenvalue weighted by atomic mass is 32.2. The van der Waals surface area contributed by atoms with Gasteiger partial charge in [0.15, 0.2) is 5.69 Å². The van der Waals surface area contributed by atoms with E-state index in [0.29, 0.717) is 50.0 Å². The van der Waals surface area contributed by atoms with Crippen molar-refractivity contribution in [2.75, 3.05) is 20.1 Å². The van der Waals surface area contributed by atoms with Crippen LogP contribution in [0.1, 0.15) is 74.0 Å². The lowest BCUT2D eigenvalue weighted by atomic mass is 9.95. The molecule has 3 fully saturated rings. The third-order valence-electron chi connectivity index (χ3n) is 6.79. The van der Waals surface area contributed by atoms with Crippen molar-refractivity contribution in [2.24, 2.45) is 5.92 Å². The summed E-state index contributed by atoms with van der Waals surface area (Å²) in [6, 6.07) is 2.10. The Labute approximate surface area is 172 Å². The van der Waals surface area contributed by atoms with E-state index in [2.05, 4.69) is 15.8 Å². The molecule has 8 nitrogen and oxygen atoms in total. The third-order valence-corrected chi connectivity index (χ3v) is 9.15. The molecule has 0 bridgehead atoms.